The number of para-hydroxylation sites is 1. The van der Waals surface area contributed by atoms with Crippen LogP contribution in [0.1, 0.15) is 20.3 Å². The van der Waals surface area contributed by atoms with E-state index in [-0.39, 0.29) is 29.6 Å². The summed E-state index contributed by atoms with van der Waals surface area (Å²) in [7, 11) is -0.509. The molecule has 1 aliphatic carbocycles. The molecule has 2 saturated heterocycles. The standard InChI is InChI=1S/C21H31FN4O3S/c1-20(2)14-21(15-26(13-18(20)21)30(28,29)23(3)4)19(27)25-11-9-24(10-12-25)17-8-6-5-7-16(17)22/h5-8,18H,9-15H2,1-4H3/t18-,21+/m1/s1. The van der Waals surface area contributed by atoms with Crippen LogP contribution in [0.15, 0.2) is 24.3 Å². The highest BCUT2D eigenvalue weighted by Gasteiger charge is 2.68. The number of benzene rings is 1. The Morgan fingerprint density at radius 1 is 1.13 bits per heavy atom. The van der Waals surface area contributed by atoms with E-state index in [4.69, 9.17) is 0 Å². The van der Waals surface area contributed by atoms with E-state index in [9.17, 15) is 17.6 Å². The van der Waals surface area contributed by atoms with Gasteiger partial charge in [-0.1, -0.05) is 26.0 Å². The molecular formula is C21H31FN4O3S. The SMILES string of the molecule is CN(C)S(=O)(=O)N1C[C@@H]2C(C)(C)C[C@]2(C(=O)N2CCN(c3ccccc3F)CC2)C1. The Kier molecular flexibility index (Phi) is 5.14. The van der Waals surface area contributed by atoms with E-state index < -0.39 is 15.6 Å². The fourth-order valence-corrected chi connectivity index (χ4v) is 6.91. The van der Waals surface area contributed by atoms with Crippen LogP contribution in [-0.4, -0.2) is 81.2 Å². The average Bonchev–Trinajstić information content (AvgIpc) is 3.04. The van der Waals surface area contributed by atoms with Crippen molar-refractivity contribution < 1.29 is 17.6 Å². The molecule has 30 heavy (non-hydrogen) atoms. The molecule has 0 radical (unpaired) electrons. The van der Waals surface area contributed by atoms with Crippen LogP contribution in [0.3, 0.4) is 0 Å². The van der Waals surface area contributed by atoms with E-state index in [1.807, 2.05) is 15.9 Å². The molecule has 9 heteroatoms. The first kappa shape index (κ1) is 21.5. The summed E-state index contributed by atoms with van der Waals surface area (Å²) in [5, 5.41) is 0. The van der Waals surface area contributed by atoms with Gasteiger partial charge in [-0.25, -0.2) is 4.39 Å². The molecule has 1 aromatic rings. The van der Waals surface area contributed by atoms with Gasteiger partial charge in [0.2, 0.25) is 5.91 Å². The quantitative estimate of drug-likeness (QED) is 0.717. The van der Waals surface area contributed by atoms with Crippen molar-refractivity contribution in [3.8, 4) is 0 Å². The summed E-state index contributed by atoms with van der Waals surface area (Å²) in [5.41, 5.74) is -0.150. The Morgan fingerprint density at radius 3 is 2.33 bits per heavy atom. The summed E-state index contributed by atoms with van der Waals surface area (Å²) in [6.07, 6.45) is 0.691. The predicted molar refractivity (Wildman–Crippen MR) is 114 cm³/mol. The van der Waals surface area contributed by atoms with Crippen LogP contribution in [0.4, 0.5) is 10.1 Å². The van der Waals surface area contributed by atoms with Crippen LogP contribution in [0.5, 0.6) is 0 Å². The van der Waals surface area contributed by atoms with Gasteiger partial charge in [0.05, 0.1) is 11.1 Å². The summed E-state index contributed by atoms with van der Waals surface area (Å²) in [6.45, 7) is 7.02. The molecule has 3 aliphatic rings. The van der Waals surface area contributed by atoms with Crippen molar-refractivity contribution in [3.63, 3.8) is 0 Å². The Morgan fingerprint density at radius 2 is 1.77 bits per heavy atom. The van der Waals surface area contributed by atoms with Crippen LogP contribution < -0.4 is 4.90 Å². The zero-order valence-electron chi connectivity index (χ0n) is 18.1. The maximum atomic E-state index is 14.1. The molecule has 0 N–H and O–H groups in total. The number of piperazine rings is 1. The van der Waals surface area contributed by atoms with E-state index in [2.05, 4.69) is 13.8 Å². The lowest BCUT2D eigenvalue weighted by Gasteiger charge is -2.57. The van der Waals surface area contributed by atoms with Gasteiger partial charge in [-0.15, -0.1) is 0 Å². The van der Waals surface area contributed by atoms with Crippen LogP contribution >= 0.6 is 0 Å². The average molecular weight is 439 g/mol. The number of hydrogen-bond donors (Lipinski definition) is 0. The lowest BCUT2D eigenvalue weighted by Crippen LogP contribution is -2.63. The van der Waals surface area contributed by atoms with Gasteiger partial charge >= 0.3 is 0 Å². The molecule has 3 fully saturated rings. The summed E-state index contributed by atoms with van der Waals surface area (Å²) in [4.78, 5) is 17.4. The number of amides is 1. The number of anilines is 1. The zero-order chi connectivity index (χ0) is 21.9. The molecule has 1 amide bonds. The smallest absolute Gasteiger partial charge is 0.281 e. The molecule has 1 aromatic carbocycles. The number of carbonyl (C=O) groups is 1. The first-order valence-corrected chi connectivity index (χ1v) is 11.9. The molecule has 0 aromatic heterocycles. The Balaban J connectivity index is 1.50. The minimum atomic E-state index is -3.56. The number of fused-ring (bicyclic) bond motifs is 1. The summed E-state index contributed by atoms with van der Waals surface area (Å²) in [6, 6.07) is 6.69. The topological polar surface area (TPSA) is 64.2 Å². The molecule has 7 nitrogen and oxygen atoms in total. The number of nitrogens with zero attached hydrogens (tertiary/aromatic N) is 4. The van der Waals surface area contributed by atoms with Gasteiger partial charge in [-0.3, -0.25) is 4.79 Å². The molecule has 0 bridgehead atoms. The second-order valence-electron chi connectivity index (χ2n) is 9.69. The first-order chi connectivity index (χ1) is 14.0. The summed E-state index contributed by atoms with van der Waals surface area (Å²) >= 11 is 0. The Bertz CT molecular complexity index is 943. The molecule has 1 saturated carbocycles. The van der Waals surface area contributed by atoms with Crippen LogP contribution in [0.25, 0.3) is 0 Å². The lowest BCUT2D eigenvalue weighted by atomic mass is 9.47. The van der Waals surface area contributed by atoms with E-state index in [1.54, 1.807) is 12.1 Å². The molecular weight excluding hydrogens is 407 g/mol. The van der Waals surface area contributed by atoms with Gasteiger partial charge in [0.15, 0.2) is 0 Å². The van der Waals surface area contributed by atoms with Crippen molar-refractivity contribution >= 4 is 21.8 Å². The predicted octanol–water partition coefficient (Wildman–Crippen LogP) is 1.63. The highest BCUT2D eigenvalue weighted by molar-refractivity contribution is 7.86. The highest BCUT2D eigenvalue weighted by atomic mass is 32.2. The second kappa shape index (κ2) is 7.17. The molecule has 2 aliphatic heterocycles. The maximum Gasteiger partial charge on any atom is 0.281 e. The molecule has 0 spiro atoms. The van der Waals surface area contributed by atoms with Crippen molar-refractivity contribution in [2.45, 2.75) is 20.3 Å². The third-order valence-corrected chi connectivity index (χ3v) is 9.05. The fraction of sp³-hybridized carbons (Fsp3) is 0.667. The van der Waals surface area contributed by atoms with Crippen molar-refractivity contribution in [1.29, 1.82) is 0 Å². The zero-order valence-corrected chi connectivity index (χ0v) is 19.0. The molecule has 4 rings (SSSR count). The van der Waals surface area contributed by atoms with Gasteiger partial charge < -0.3 is 9.80 Å². The van der Waals surface area contributed by atoms with Gasteiger partial charge in [0.25, 0.3) is 10.2 Å². The summed E-state index contributed by atoms with van der Waals surface area (Å²) < 4.78 is 42.2. The van der Waals surface area contributed by atoms with Crippen LogP contribution in [0, 0.1) is 22.6 Å². The monoisotopic (exact) mass is 438 g/mol. The van der Waals surface area contributed by atoms with E-state index >= 15 is 0 Å². The number of halogens is 1. The minimum Gasteiger partial charge on any atom is -0.366 e. The normalized spacial score (nSPS) is 29.1. The highest BCUT2D eigenvalue weighted by Crippen LogP contribution is 2.63. The summed E-state index contributed by atoms with van der Waals surface area (Å²) in [5.74, 6) is -0.190. The van der Waals surface area contributed by atoms with Crippen molar-refractivity contribution in [2.24, 2.45) is 16.7 Å². The number of rotatable bonds is 4. The maximum absolute atomic E-state index is 14.1. The van der Waals surface area contributed by atoms with Crippen molar-refractivity contribution in [3.05, 3.63) is 30.1 Å². The largest absolute Gasteiger partial charge is 0.366 e. The van der Waals surface area contributed by atoms with Gasteiger partial charge in [0.1, 0.15) is 5.82 Å². The van der Waals surface area contributed by atoms with Crippen LogP contribution in [-0.2, 0) is 15.0 Å². The van der Waals surface area contributed by atoms with Crippen LogP contribution in [0.2, 0.25) is 0 Å². The third kappa shape index (κ3) is 3.22. The third-order valence-electron chi connectivity index (χ3n) is 7.20. The van der Waals surface area contributed by atoms with Crippen molar-refractivity contribution in [1.82, 2.24) is 13.5 Å². The number of hydrogen-bond acceptors (Lipinski definition) is 4. The minimum absolute atomic E-state index is 0.0109. The molecule has 2 atom stereocenters. The fourth-order valence-electron chi connectivity index (χ4n) is 5.72. The Hall–Kier alpha value is -1.71. The molecule has 166 valence electrons. The molecule has 0 unspecified atom stereocenters. The van der Waals surface area contributed by atoms with Gasteiger partial charge in [-0.2, -0.15) is 17.0 Å². The van der Waals surface area contributed by atoms with E-state index in [1.165, 1.54) is 28.8 Å². The van der Waals surface area contributed by atoms with Crippen molar-refractivity contribution in [2.75, 3.05) is 58.3 Å². The number of carbonyl (C=O) groups excluding carboxylic acids is 1. The van der Waals surface area contributed by atoms with Gasteiger partial charge in [-0.05, 0) is 29.9 Å². The molecule has 2 heterocycles. The second-order valence-corrected chi connectivity index (χ2v) is 11.8. The Labute approximate surface area is 178 Å². The lowest BCUT2D eigenvalue weighted by molar-refractivity contribution is -0.164. The van der Waals surface area contributed by atoms with E-state index in [0.29, 0.717) is 44.8 Å². The first-order valence-electron chi connectivity index (χ1n) is 10.5. The van der Waals surface area contributed by atoms with E-state index in [0.717, 1.165) is 0 Å². The van der Waals surface area contributed by atoms with Gasteiger partial charge in [0, 0.05) is 53.4 Å².